The smallest absolute Gasteiger partial charge is 0.306 e. The molecule has 0 radical (unpaired) electrons. The Bertz CT molecular complexity index is 1080. The van der Waals surface area contributed by atoms with E-state index in [9.17, 15) is 14.4 Å². The van der Waals surface area contributed by atoms with Gasteiger partial charge < -0.3 is 14.2 Å². The van der Waals surface area contributed by atoms with Crippen molar-refractivity contribution in [3.8, 4) is 0 Å². The largest absolute Gasteiger partial charge is 0.462 e. The van der Waals surface area contributed by atoms with Crippen LogP contribution in [0.3, 0.4) is 0 Å². The van der Waals surface area contributed by atoms with Crippen molar-refractivity contribution < 1.29 is 28.6 Å². The molecular formula is C65H126O6. The third kappa shape index (κ3) is 57.5. The van der Waals surface area contributed by atoms with Gasteiger partial charge in [0.2, 0.25) is 0 Å². The first-order chi connectivity index (χ1) is 34.9. The summed E-state index contributed by atoms with van der Waals surface area (Å²) in [6.45, 7) is 9.13. The second-order valence-corrected chi connectivity index (χ2v) is 22.6. The highest BCUT2D eigenvalue weighted by molar-refractivity contribution is 5.71. The van der Waals surface area contributed by atoms with Crippen LogP contribution in [0.15, 0.2) is 0 Å². The molecule has 0 heterocycles. The summed E-state index contributed by atoms with van der Waals surface area (Å²) in [4.78, 5) is 38.3. The summed E-state index contributed by atoms with van der Waals surface area (Å²) >= 11 is 0. The van der Waals surface area contributed by atoms with Crippen LogP contribution in [-0.2, 0) is 28.6 Å². The fourth-order valence-electron chi connectivity index (χ4n) is 10.1. The number of unbranched alkanes of at least 4 members (excludes halogenated alkanes) is 46. The third-order valence-corrected chi connectivity index (χ3v) is 15.4. The molecule has 0 aromatic heterocycles. The molecule has 0 aromatic carbocycles. The maximum atomic E-state index is 12.9. The van der Waals surface area contributed by atoms with E-state index in [0.29, 0.717) is 19.3 Å². The van der Waals surface area contributed by atoms with Gasteiger partial charge in [0, 0.05) is 19.3 Å². The fourth-order valence-corrected chi connectivity index (χ4v) is 10.1. The van der Waals surface area contributed by atoms with Crippen molar-refractivity contribution in [1.82, 2.24) is 0 Å². The maximum absolute atomic E-state index is 12.9. The lowest BCUT2D eigenvalue weighted by molar-refractivity contribution is -0.167. The minimum Gasteiger partial charge on any atom is -0.462 e. The van der Waals surface area contributed by atoms with Crippen LogP contribution >= 0.6 is 0 Å². The SMILES string of the molecule is CCCCCCCCCCCCCCCCCCCC(=O)OC[C@H](COC(=O)CCCCCCCCCCCCCCCC)OC(=O)CCCCCCCCCCCCCCCCCCCCC(C)CC. The Labute approximate surface area is 444 Å². The number of hydrogen-bond donors (Lipinski definition) is 0. The van der Waals surface area contributed by atoms with Gasteiger partial charge in [0.05, 0.1) is 0 Å². The van der Waals surface area contributed by atoms with E-state index < -0.39 is 6.10 Å². The monoisotopic (exact) mass is 1000 g/mol. The molecule has 0 rings (SSSR count). The molecule has 0 aromatic rings. The lowest BCUT2D eigenvalue weighted by Gasteiger charge is -2.18. The van der Waals surface area contributed by atoms with E-state index in [0.717, 1.165) is 63.7 Å². The van der Waals surface area contributed by atoms with Crippen molar-refractivity contribution in [2.45, 2.75) is 381 Å². The molecule has 6 nitrogen and oxygen atoms in total. The summed E-state index contributed by atoms with van der Waals surface area (Å²) in [5.41, 5.74) is 0. The highest BCUT2D eigenvalue weighted by Crippen LogP contribution is 2.19. The maximum Gasteiger partial charge on any atom is 0.306 e. The molecule has 0 saturated heterocycles. The number of rotatable bonds is 60. The van der Waals surface area contributed by atoms with Gasteiger partial charge in [-0.25, -0.2) is 0 Å². The van der Waals surface area contributed by atoms with Crippen LogP contribution in [0.25, 0.3) is 0 Å². The molecule has 0 fully saturated rings. The molecule has 71 heavy (non-hydrogen) atoms. The van der Waals surface area contributed by atoms with Crippen LogP contribution < -0.4 is 0 Å². The van der Waals surface area contributed by atoms with Gasteiger partial charge in [-0.15, -0.1) is 0 Å². The Morgan fingerprint density at radius 1 is 0.282 bits per heavy atom. The molecular weight excluding hydrogens is 877 g/mol. The first kappa shape index (κ1) is 69.4. The highest BCUT2D eigenvalue weighted by atomic mass is 16.6. The van der Waals surface area contributed by atoms with Crippen molar-refractivity contribution in [2.75, 3.05) is 13.2 Å². The van der Waals surface area contributed by atoms with Crippen molar-refractivity contribution >= 4 is 17.9 Å². The van der Waals surface area contributed by atoms with Gasteiger partial charge in [-0.1, -0.05) is 336 Å². The van der Waals surface area contributed by atoms with Gasteiger partial charge in [0.1, 0.15) is 13.2 Å². The van der Waals surface area contributed by atoms with Crippen molar-refractivity contribution in [2.24, 2.45) is 5.92 Å². The van der Waals surface area contributed by atoms with Gasteiger partial charge in [-0.2, -0.15) is 0 Å². The number of hydrogen-bond acceptors (Lipinski definition) is 6. The normalized spacial score (nSPS) is 12.3. The zero-order chi connectivity index (χ0) is 51.6. The minimum atomic E-state index is -0.763. The van der Waals surface area contributed by atoms with Gasteiger partial charge in [0.15, 0.2) is 6.10 Å². The first-order valence-corrected chi connectivity index (χ1v) is 32.4. The van der Waals surface area contributed by atoms with E-state index in [-0.39, 0.29) is 31.1 Å². The third-order valence-electron chi connectivity index (χ3n) is 15.4. The number of ether oxygens (including phenoxy) is 3. The standard InChI is InChI=1S/C65H126O6/c1-5-8-10-12-14-16-18-20-22-25-29-33-37-41-45-49-53-57-64(67)70-60-62(59-69-63(66)56-52-48-44-40-36-32-21-19-17-15-13-11-9-6-2)71-65(68)58-54-50-46-42-38-34-30-27-24-23-26-28-31-35-39-43-47-51-55-61(4)7-3/h61-62H,5-60H2,1-4H3/t61?,62-/m0/s1. The Balaban J connectivity index is 4.26. The average Bonchev–Trinajstić information content (AvgIpc) is 3.37. The minimum absolute atomic E-state index is 0.0610. The van der Waals surface area contributed by atoms with E-state index in [2.05, 4.69) is 27.7 Å². The Morgan fingerprint density at radius 2 is 0.493 bits per heavy atom. The van der Waals surface area contributed by atoms with Crippen LogP contribution in [0, 0.1) is 5.92 Å². The predicted octanol–water partition coefficient (Wildman–Crippen LogP) is 21.7. The molecule has 0 amide bonds. The van der Waals surface area contributed by atoms with E-state index in [1.165, 1.54) is 270 Å². The van der Waals surface area contributed by atoms with Crippen LogP contribution in [0.2, 0.25) is 0 Å². The van der Waals surface area contributed by atoms with E-state index >= 15 is 0 Å². The second-order valence-electron chi connectivity index (χ2n) is 22.6. The lowest BCUT2D eigenvalue weighted by atomic mass is 9.99. The first-order valence-electron chi connectivity index (χ1n) is 32.4. The summed E-state index contributed by atoms with van der Waals surface area (Å²) in [6, 6.07) is 0. The molecule has 0 spiro atoms. The number of esters is 3. The van der Waals surface area contributed by atoms with Crippen LogP contribution in [0.1, 0.15) is 374 Å². The Kier molecular flexibility index (Phi) is 58.0. The van der Waals surface area contributed by atoms with E-state index in [1.54, 1.807) is 0 Å². The summed E-state index contributed by atoms with van der Waals surface area (Å²) in [5.74, 6) is 0.0828. The average molecular weight is 1000 g/mol. The summed E-state index contributed by atoms with van der Waals surface area (Å²) in [7, 11) is 0. The van der Waals surface area contributed by atoms with Gasteiger partial charge >= 0.3 is 17.9 Å². The molecule has 0 aliphatic heterocycles. The summed E-state index contributed by atoms with van der Waals surface area (Å²) in [6.07, 6.45) is 66.7. The summed E-state index contributed by atoms with van der Waals surface area (Å²) in [5, 5.41) is 0. The van der Waals surface area contributed by atoms with Crippen LogP contribution in [0.5, 0.6) is 0 Å². The Morgan fingerprint density at radius 3 is 0.732 bits per heavy atom. The van der Waals surface area contributed by atoms with Crippen molar-refractivity contribution in [3.05, 3.63) is 0 Å². The lowest BCUT2D eigenvalue weighted by Crippen LogP contribution is -2.30. The molecule has 0 bridgehead atoms. The predicted molar refractivity (Wildman–Crippen MR) is 307 cm³/mol. The summed E-state index contributed by atoms with van der Waals surface area (Å²) < 4.78 is 17.0. The van der Waals surface area contributed by atoms with Crippen molar-refractivity contribution in [3.63, 3.8) is 0 Å². The second kappa shape index (κ2) is 59.3. The fraction of sp³-hybridized carbons (Fsp3) is 0.954. The molecule has 2 atom stereocenters. The molecule has 422 valence electrons. The Hall–Kier alpha value is -1.59. The molecule has 0 saturated carbocycles. The van der Waals surface area contributed by atoms with Gasteiger partial charge in [0.25, 0.3) is 0 Å². The van der Waals surface area contributed by atoms with Crippen LogP contribution in [0.4, 0.5) is 0 Å². The zero-order valence-corrected chi connectivity index (χ0v) is 48.7. The number of carbonyl (C=O) groups excluding carboxylic acids is 3. The van der Waals surface area contributed by atoms with Gasteiger partial charge in [-0.05, 0) is 25.2 Å². The molecule has 1 unspecified atom stereocenters. The molecule has 0 N–H and O–H groups in total. The molecule has 0 aliphatic carbocycles. The quantitative estimate of drug-likeness (QED) is 0.0343. The molecule has 6 heteroatoms. The van der Waals surface area contributed by atoms with Gasteiger partial charge in [-0.3, -0.25) is 14.4 Å². The van der Waals surface area contributed by atoms with Crippen molar-refractivity contribution in [1.29, 1.82) is 0 Å². The highest BCUT2D eigenvalue weighted by Gasteiger charge is 2.19. The topological polar surface area (TPSA) is 78.9 Å². The van der Waals surface area contributed by atoms with E-state index in [1.807, 2.05) is 0 Å². The van der Waals surface area contributed by atoms with Crippen LogP contribution in [-0.4, -0.2) is 37.2 Å². The molecule has 0 aliphatic rings. The van der Waals surface area contributed by atoms with E-state index in [4.69, 9.17) is 14.2 Å². The number of carbonyl (C=O) groups is 3. The zero-order valence-electron chi connectivity index (χ0n) is 48.7.